The molecule has 1 saturated heterocycles. The van der Waals surface area contributed by atoms with Crippen LogP contribution in [0.2, 0.25) is 0 Å². The van der Waals surface area contributed by atoms with Gasteiger partial charge in [0.25, 0.3) is 5.91 Å². The van der Waals surface area contributed by atoms with Gasteiger partial charge in [-0.3, -0.25) is 4.79 Å². The number of amides is 1. The van der Waals surface area contributed by atoms with E-state index in [0.717, 1.165) is 12.0 Å². The SMILES string of the molecule is COC(=O)c1ccc(CCNC(=O)c2ccc(OC)c(S(=O)(=O)N3CC(C)CC(C)C3)c2)cc1. The number of nitrogens with one attached hydrogen (secondary N) is 1. The zero-order valence-electron chi connectivity index (χ0n) is 20.0. The molecule has 184 valence electrons. The van der Waals surface area contributed by atoms with Crippen molar-refractivity contribution in [2.24, 2.45) is 11.8 Å². The molecule has 0 saturated carbocycles. The summed E-state index contributed by atoms with van der Waals surface area (Å²) in [6, 6.07) is 11.4. The molecule has 2 atom stereocenters. The van der Waals surface area contributed by atoms with Crippen LogP contribution in [0.1, 0.15) is 46.5 Å². The molecule has 1 amide bonds. The van der Waals surface area contributed by atoms with Crippen molar-refractivity contribution in [1.29, 1.82) is 0 Å². The van der Waals surface area contributed by atoms with E-state index >= 15 is 0 Å². The molecule has 1 fully saturated rings. The molecule has 34 heavy (non-hydrogen) atoms. The number of rotatable bonds is 8. The normalized spacial score (nSPS) is 18.8. The first kappa shape index (κ1) is 25.7. The minimum absolute atomic E-state index is 0.00218. The van der Waals surface area contributed by atoms with E-state index in [-0.39, 0.29) is 34.0 Å². The third kappa shape index (κ3) is 5.95. The monoisotopic (exact) mass is 488 g/mol. The van der Waals surface area contributed by atoms with Crippen LogP contribution in [0.3, 0.4) is 0 Å². The van der Waals surface area contributed by atoms with E-state index in [2.05, 4.69) is 10.1 Å². The summed E-state index contributed by atoms with van der Waals surface area (Å²) in [5, 5.41) is 2.83. The van der Waals surface area contributed by atoms with Crippen LogP contribution >= 0.6 is 0 Å². The van der Waals surface area contributed by atoms with Crippen LogP contribution in [-0.4, -0.2) is 58.5 Å². The van der Waals surface area contributed by atoms with Gasteiger partial charge >= 0.3 is 5.97 Å². The topological polar surface area (TPSA) is 102 Å². The van der Waals surface area contributed by atoms with E-state index in [1.807, 2.05) is 13.8 Å². The summed E-state index contributed by atoms with van der Waals surface area (Å²) in [6.07, 6.45) is 1.54. The second kappa shape index (κ2) is 11.0. The minimum atomic E-state index is -3.81. The zero-order chi connectivity index (χ0) is 24.9. The van der Waals surface area contributed by atoms with Gasteiger partial charge in [-0.05, 0) is 60.6 Å². The number of benzene rings is 2. The number of carbonyl (C=O) groups excluding carboxylic acids is 2. The number of nitrogens with zero attached hydrogens (tertiary/aromatic N) is 1. The molecule has 8 nitrogen and oxygen atoms in total. The van der Waals surface area contributed by atoms with Gasteiger partial charge in [-0.2, -0.15) is 4.31 Å². The lowest BCUT2D eigenvalue weighted by molar-refractivity contribution is 0.0600. The Morgan fingerprint density at radius 1 is 1.00 bits per heavy atom. The van der Waals surface area contributed by atoms with Crippen molar-refractivity contribution in [3.05, 3.63) is 59.2 Å². The van der Waals surface area contributed by atoms with Gasteiger partial charge in [0.1, 0.15) is 10.6 Å². The van der Waals surface area contributed by atoms with Crippen LogP contribution in [0.15, 0.2) is 47.4 Å². The van der Waals surface area contributed by atoms with Crippen molar-refractivity contribution in [2.45, 2.75) is 31.6 Å². The Morgan fingerprint density at radius 3 is 2.21 bits per heavy atom. The molecule has 2 aromatic carbocycles. The van der Waals surface area contributed by atoms with Gasteiger partial charge in [-0.1, -0.05) is 26.0 Å². The van der Waals surface area contributed by atoms with E-state index in [1.54, 1.807) is 30.3 Å². The molecule has 1 N–H and O–H groups in total. The summed E-state index contributed by atoms with van der Waals surface area (Å²) in [7, 11) is -1.07. The predicted octanol–water partition coefficient (Wildman–Crippen LogP) is 3.12. The van der Waals surface area contributed by atoms with Crippen molar-refractivity contribution < 1.29 is 27.5 Å². The van der Waals surface area contributed by atoms with Gasteiger partial charge in [-0.25, -0.2) is 13.2 Å². The Bertz CT molecular complexity index is 1120. The Labute approximate surface area is 201 Å². The number of carbonyl (C=O) groups is 2. The fraction of sp³-hybridized carbons (Fsp3) is 0.440. The summed E-state index contributed by atoms with van der Waals surface area (Å²) < 4.78 is 38.3. The maximum atomic E-state index is 13.4. The van der Waals surface area contributed by atoms with Crippen LogP contribution in [-0.2, 0) is 21.2 Å². The van der Waals surface area contributed by atoms with Crippen LogP contribution in [0, 0.1) is 11.8 Å². The second-order valence-electron chi connectivity index (χ2n) is 8.83. The molecular weight excluding hydrogens is 456 g/mol. The number of methoxy groups -OCH3 is 2. The Kier molecular flexibility index (Phi) is 8.33. The summed E-state index contributed by atoms with van der Waals surface area (Å²) in [5.41, 5.74) is 1.65. The van der Waals surface area contributed by atoms with Gasteiger partial charge in [0.15, 0.2) is 0 Å². The van der Waals surface area contributed by atoms with Crippen molar-refractivity contribution in [3.8, 4) is 5.75 Å². The van der Waals surface area contributed by atoms with E-state index in [1.165, 1.54) is 30.7 Å². The number of sulfonamides is 1. The fourth-order valence-electron chi connectivity index (χ4n) is 4.31. The largest absolute Gasteiger partial charge is 0.495 e. The molecule has 0 spiro atoms. The maximum Gasteiger partial charge on any atom is 0.337 e. The smallest absolute Gasteiger partial charge is 0.337 e. The Balaban J connectivity index is 1.71. The molecule has 3 rings (SSSR count). The highest BCUT2D eigenvalue weighted by atomic mass is 32.2. The number of hydrogen-bond acceptors (Lipinski definition) is 6. The highest BCUT2D eigenvalue weighted by Crippen LogP contribution is 2.32. The standard InChI is InChI=1S/C25H32N2O6S/c1-17-13-18(2)16-27(15-17)34(30,31)23-14-21(9-10-22(23)32-3)24(28)26-12-11-19-5-7-20(8-6-19)25(29)33-4/h5-10,14,17-18H,11-13,15-16H2,1-4H3,(H,26,28). The third-order valence-electron chi connectivity index (χ3n) is 5.95. The number of piperidine rings is 1. The lowest BCUT2D eigenvalue weighted by Gasteiger charge is -2.34. The molecule has 0 aliphatic carbocycles. The van der Waals surface area contributed by atoms with Gasteiger partial charge in [0.2, 0.25) is 10.0 Å². The average molecular weight is 489 g/mol. The van der Waals surface area contributed by atoms with E-state index in [9.17, 15) is 18.0 Å². The number of esters is 1. The molecular formula is C25H32N2O6S. The molecule has 0 aromatic heterocycles. The quantitative estimate of drug-likeness (QED) is 0.573. The fourth-order valence-corrected chi connectivity index (χ4v) is 6.17. The number of ether oxygens (including phenoxy) is 2. The van der Waals surface area contributed by atoms with Gasteiger partial charge in [0, 0.05) is 25.2 Å². The van der Waals surface area contributed by atoms with E-state index in [0.29, 0.717) is 31.6 Å². The van der Waals surface area contributed by atoms with E-state index < -0.39 is 16.0 Å². The van der Waals surface area contributed by atoms with Crippen LogP contribution < -0.4 is 10.1 Å². The first-order valence-electron chi connectivity index (χ1n) is 11.3. The highest BCUT2D eigenvalue weighted by molar-refractivity contribution is 7.89. The lowest BCUT2D eigenvalue weighted by Crippen LogP contribution is -2.42. The second-order valence-corrected chi connectivity index (χ2v) is 10.7. The van der Waals surface area contributed by atoms with Crippen LogP contribution in [0.5, 0.6) is 5.75 Å². The van der Waals surface area contributed by atoms with Crippen LogP contribution in [0.25, 0.3) is 0 Å². The zero-order valence-corrected chi connectivity index (χ0v) is 20.9. The average Bonchev–Trinajstić information content (AvgIpc) is 2.82. The first-order valence-corrected chi connectivity index (χ1v) is 12.7. The highest BCUT2D eigenvalue weighted by Gasteiger charge is 2.34. The van der Waals surface area contributed by atoms with Crippen molar-refractivity contribution in [1.82, 2.24) is 9.62 Å². The molecule has 0 radical (unpaired) electrons. The third-order valence-corrected chi connectivity index (χ3v) is 7.81. The van der Waals surface area contributed by atoms with Gasteiger partial charge in [0.05, 0.1) is 19.8 Å². The summed E-state index contributed by atoms with van der Waals surface area (Å²) in [6.45, 7) is 5.33. The maximum absolute atomic E-state index is 13.4. The molecule has 2 unspecified atom stereocenters. The first-order chi connectivity index (χ1) is 16.1. The summed E-state index contributed by atoms with van der Waals surface area (Å²) >= 11 is 0. The molecule has 9 heteroatoms. The number of hydrogen-bond donors (Lipinski definition) is 1. The molecule has 1 aliphatic rings. The molecule has 0 bridgehead atoms. The summed E-state index contributed by atoms with van der Waals surface area (Å²) in [4.78, 5) is 24.3. The molecule has 1 aliphatic heterocycles. The molecule has 1 heterocycles. The van der Waals surface area contributed by atoms with Crippen molar-refractivity contribution >= 4 is 21.9 Å². The van der Waals surface area contributed by atoms with E-state index in [4.69, 9.17) is 4.74 Å². The van der Waals surface area contributed by atoms with Gasteiger partial charge < -0.3 is 14.8 Å². The minimum Gasteiger partial charge on any atom is -0.495 e. The Hall–Kier alpha value is -2.91. The Morgan fingerprint density at radius 2 is 1.62 bits per heavy atom. The summed E-state index contributed by atoms with van der Waals surface area (Å²) in [5.74, 6) is -0.0345. The predicted molar refractivity (Wildman–Crippen MR) is 129 cm³/mol. The van der Waals surface area contributed by atoms with Crippen molar-refractivity contribution in [2.75, 3.05) is 33.9 Å². The van der Waals surface area contributed by atoms with Gasteiger partial charge in [-0.15, -0.1) is 0 Å². The molecule has 2 aromatic rings. The van der Waals surface area contributed by atoms with Crippen molar-refractivity contribution in [3.63, 3.8) is 0 Å². The lowest BCUT2D eigenvalue weighted by atomic mass is 9.94. The van der Waals surface area contributed by atoms with Crippen LogP contribution in [0.4, 0.5) is 0 Å².